The van der Waals surface area contributed by atoms with Crippen molar-refractivity contribution in [2.45, 2.75) is 26.0 Å². The number of rotatable bonds is 5. The monoisotopic (exact) mass is 366 g/mol. The van der Waals surface area contributed by atoms with Gasteiger partial charge in [0.25, 0.3) is 5.91 Å². The van der Waals surface area contributed by atoms with Gasteiger partial charge in [-0.3, -0.25) is 9.78 Å². The van der Waals surface area contributed by atoms with Crippen molar-refractivity contribution in [1.29, 1.82) is 0 Å². The lowest BCUT2D eigenvalue weighted by Crippen LogP contribution is -2.52. The average molecular weight is 366 g/mol. The molecular formula is C20H22N4O3. The van der Waals surface area contributed by atoms with E-state index in [9.17, 15) is 4.79 Å². The lowest BCUT2D eigenvalue weighted by atomic mass is 10.1. The lowest BCUT2D eigenvalue weighted by Gasteiger charge is -2.32. The van der Waals surface area contributed by atoms with E-state index in [4.69, 9.17) is 9.15 Å². The Morgan fingerprint density at radius 3 is 3.22 bits per heavy atom. The highest BCUT2D eigenvalue weighted by molar-refractivity contribution is 5.92. The van der Waals surface area contributed by atoms with E-state index in [0.29, 0.717) is 36.5 Å². The van der Waals surface area contributed by atoms with E-state index >= 15 is 0 Å². The van der Waals surface area contributed by atoms with Gasteiger partial charge in [-0.05, 0) is 30.7 Å². The molecule has 2 aromatic heterocycles. The molecule has 1 aliphatic heterocycles. The van der Waals surface area contributed by atoms with Gasteiger partial charge in [0.2, 0.25) is 5.89 Å². The summed E-state index contributed by atoms with van der Waals surface area (Å²) in [6, 6.07) is 9.88. The smallest absolute Gasteiger partial charge is 0.275 e. The zero-order chi connectivity index (χ0) is 18.6. The van der Waals surface area contributed by atoms with Crippen molar-refractivity contribution in [2.75, 3.05) is 19.6 Å². The first kappa shape index (κ1) is 17.5. The maximum Gasteiger partial charge on any atom is 0.275 e. The molecule has 27 heavy (non-hydrogen) atoms. The fraction of sp³-hybridized carbons (Fsp3) is 0.350. The summed E-state index contributed by atoms with van der Waals surface area (Å²) in [4.78, 5) is 23.0. The van der Waals surface area contributed by atoms with Gasteiger partial charge in [0.05, 0.1) is 5.52 Å². The zero-order valence-electron chi connectivity index (χ0n) is 15.2. The molecule has 1 amide bonds. The van der Waals surface area contributed by atoms with Crippen molar-refractivity contribution in [3.8, 4) is 5.75 Å². The van der Waals surface area contributed by atoms with Crippen molar-refractivity contribution in [2.24, 2.45) is 0 Å². The third kappa shape index (κ3) is 3.93. The van der Waals surface area contributed by atoms with E-state index in [-0.39, 0.29) is 12.5 Å². The third-order valence-electron chi connectivity index (χ3n) is 4.74. The number of pyridine rings is 1. The van der Waals surface area contributed by atoms with Crippen LogP contribution in [0.1, 0.15) is 29.7 Å². The van der Waals surface area contributed by atoms with Crippen LogP contribution in [0.5, 0.6) is 5.75 Å². The molecule has 0 aliphatic carbocycles. The number of oxazole rings is 1. The number of fused-ring (bicyclic) bond motifs is 1. The van der Waals surface area contributed by atoms with Crippen LogP contribution in [-0.4, -0.2) is 46.5 Å². The van der Waals surface area contributed by atoms with E-state index in [2.05, 4.69) is 22.2 Å². The molecule has 3 aromatic rings. The normalized spacial score (nSPS) is 17.2. The van der Waals surface area contributed by atoms with Crippen molar-refractivity contribution >= 4 is 16.8 Å². The third-order valence-corrected chi connectivity index (χ3v) is 4.74. The zero-order valence-corrected chi connectivity index (χ0v) is 15.2. The maximum atomic E-state index is 12.6. The number of nitrogens with zero attached hydrogens (tertiary/aromatic N) is 3. The average Bonchev–Trinajstić information content (AvgIpc) is 3.20. The molecule has 140 valence electrons. The first-order valence-electron chi connectivity index (χ1n) is 9.17. The van der Waals surface area contributed by atoms with Gasteiger partial charge in [0.1, 0.15) is 12.0 Å². The maximum absolute atomic E-state index is 12.6. The van der Waals surface area contributed by atoms with Gasteiger partial charge in [-0.25, -0.2) is 4.98 Å². The Morgan fingerprint density at radius 1 is 1.41 bits per heavy atom. The second kappa shape index (κ2) is 7.75. The van der Waals surface area contributed by atoms with Crippen molar-refractivity contribution in [3.05, 3.63) is 54.4 Å². The number of hydrogen-bond donors (Lipinski definition) is 1. The number of amides is 1. The van der Waals surface area contributed by atoms with Crippen molar-refractivity contribution < 1.29 is 13.9 Å². The van der Waals surface area contributed by atoms with Gasteiger partial charge < -0.3 is 19.4 Å². The minimum absolute atomic E-state index is 0.0956. The second-order valence-corrected chi connectivity index (χ2v) is 6.58. The van der Waals surface area contributed by atoms with E-state index in [0.717, 1.165) is 23.9 Å². The summed E-state index contributed by atoms with van der Waals surface area (Å²) in [6.07, 6.45) is 4.16. The van der Waals surface area contributed by atoms with Crippen LogP contribution < -0.4 is 10.1 Å². The summed E-state index contributed by atoms with van der Waals surface area (Å²) in [7, 11) is 0. The molecule has 1 N–H and O–H groups in total. The number of carbonyl (C=O) groups is 1. The first-order valence-corrected chi connectivity index (χ1v) is 9.17. The quantitative estimate of drug-likeness (QED) is 0.748. The van der Waals surface area contributed by atoms with Crippen LogP contribution in [-0.2, 0) is 6.61 Å². The lowest BCUT2D eigenvalue weighted by molar-refractivity contribution is 0.0695. The summed E-state index contributed by atoms with van der Waals surface area (Å²) in [5.41, 5.74) is 1.24. The predicted molar refractivity (Wildman–Crippen MR) is 101 cm³/mol. The number of aromatic nitrogens is 2. The Morgan fingerprint density at radius 2 is 2.33 bits per heavy atom. The van der Waals surface area contributed by atoms with E-state index in [1.54, 1.807) is 6.20 Å². The SMILES string of the molecule is CC[C@@H]1CN(C(=O)c2coc(COc3ccc4ncccc4c3)n2)CCN1. The molecule has 1 fully saturated rings. The summed E-state index contributed by atoms with van der Waals surface area (Å²) in [5, 5.41) is 4.40. The highest BCUT2D eigenvalue weighted by atomic mass is 16.5. The Kier molecular flexibility index (Phi) is 5.02. The summed E-state index contributed by atoms with van der Waals surface area (Å²) in [6.45, 7) is 4.45. The molecule has 1 saturated heterocycles. The Labute approximate surface area is 157 Å². The molecule has 7 nitrogen and oxygen atoms in total. The predicted octanol–water partition coefficient (Wildman–Crippen LogP) is 2.63. The molecule has 1 atom stereocenters. The molecule has 0 radical (unpaired) electrons. The minimum atomic E-state index is -0.0956. The summed E-state index contributed by atoms with van der Waals surface area (Å²) < 4.78 is 11.2. The van der Waals surface area contributed by atoms with Crippen molar-refractivity contribution in [1.82, 2.24) is 20.2 Å². The highest BCUT2D eigenvalue weighted by Crippen LogP contribution is 2.20. The van der Waals surface area contributed by atoms with Gasteiger partial charge in [-0.15, -0.1) is 0 Å². The standard InChI is InChI=1S/C20H22N4O3/c1-2-15-11-24(9-8-21-15)20(25)18-12-27-19(23-18)13-26-16-5-6-17-14(10-16)4-3-7-22-17/h3-7,10,12,15,21H,2,8-9,11,13H2,1H3/t15-/m1/s1. The molecule has 0 bridgehead atoms. The van der Waals surface area contributed by atoms with Crippen LogP contribution in [0.3, 0.4) is 0 Å². The van der Waals surface area contributed by atoms with Gasteiger partial charge in [0, 0.05) is 37.3 Å². The molecule has 1 aromatic carbocycles. The Balaban J connectivity index is 1.39. The Hall–Kier alpha value is -2.93. The molecular weight excluding hydrogens is 344 g/mol. The largest absolute Gasteiger partial charge is 0.484 e. The van der Waals surface area contributed by atoms with Gasteiger partial charge in [0.15, 0.2) is 12.3 Å². The van der Waals surface area contributed by atoms with Crippen LogP contribution in [0.15, 0.2) is 47.2 Å². The highest BCUT2D eigenvalue weighted by Gasteiger charge is 2.25. The first-order chi connectivity index (χ1) is 13.2. The summed E-state index contributed by atoms with van der Waals surface area (Å²) >= 11 is 0. The number of carbonyl (C=O) groups excluding carboxylic acids is 1. The number of benzene rings is 1. The Bertz CT molecular complexity index is 940. The van der Waals surface area contributed by atoms with E-state index < -0.39 is 0 Å². The topological polar surface area (TPSA) is 80.5 Å². The van der Waals surface area contributed by atoms with Crippen LogP contribution >= 0.6 is 0 Å². The molecule has 0 spiro atoms. The number of ether oxygens (including phenoxy) is 1. The molecule has 1 aliphatic rings. The van der Waals surface area contributed by atoms with Gasteiger partial charge >= 0.3 is 0 Å². The molecule has 4 rings (SSSR count). The van der Waals surface area contributed by atoms with Crippen LogP contribution in [0, 0.1) is 0 Å². The fourth-order valence-electron chi connectivity index (χ4n) is 3.21. The van der Waals surface area contributed by atoms with Crippen LogP contribution in [0.25, 0.3) is 10.9 Å². The fourth-order valence-corrected chi connectivity index (χ4v) is 3.21. The number of nitrogens with one attached hydrogen (secondary N) is 1. The molecule has 0 unspecified atom stereocenters. The number of hydrogen-bond acceptors (Lipinski definition) is 6. The number of piperazine rings is 1. The van der Waals surface area contributed by atoms with E-state index in [1.165, 1.54) is 6.26 Å². The molecule has 0 saturated carbocycles. The van der Waals surface area contributed by atoms with Crippen LogP contribution in [0.2, 0.25) is 0 Å². The second-order valence-electron chi connectivity index (χ2n) is 6.58. The molecule has 3 heterocycles. The van der Waals surface area contributed by atoms with Crippen molar-refractivity contribution in [3.63, 3.8) is 0 Å². The van der Waals surface area contributed by atoms with Gasteiger partial charge in [-0.2, -0.15) is 0 Å². The van der Waals surface area contributed by atoms with Crippen LogP contribution in [0.4, 0.5) is 0 Å². The molecule has 7 heteroatoms. The minimum Gasteiger partial charge on any atom is -0.484 e. The van der Waals surface area contributed by atoms with Gasteiger partial charge in [-0.1, -0.05) is 13.0 Å². The van der Waals surface area contributed by atoms with E-state index in [1.807, 2.05) is 35.2 Å². The summed E-state index contributed by atoms with van der Waals surface area (Å²) in [5.74, 6) is 0.989.